The first-order valence-corrected chi connectivity index (χ1v) is 21.9. The van der Waals surface area contributed by atoms with Gasteiger partial charge in [-0.1, -0.05) is 45.9 Å². The Morgan fingerprint density at radius 2 is 1.37 bits per heavy atom. The zero-order valence-electron chi connectivity index (χ0n) is 36.2. The molecule has 4 atom stereocenters. The summed E-state index contributed by atoms with van der Waals surface area (Å²) in [6, 6.07) is 17.6. The molecule has 14 heteroatoms. The number of nitrogens with zero attached hydrogens (tertiary/aromatic N) is 4. The van der Waals surface area contributed by atoms with Gasteiger partial charge in [0.2, 0.25) is 11.8 Å². The Hall–Kier alpha value is -6.18. The molecule has 9 rings (SSSR count). The van der Waals surface area contributed by atoms with Crippen LogP contribution >= 0.6 is 0 Å². The lowest BCUT2D eigenvalue weighted by atomic mass is 9.83. The van der Waals surface area contributed by atoms with Crippen LogP contribution in [-0.4, -0.2) is 94.9 Å². The number of hydrogen-bond donors (Lipinski definition) is 3. The van der Waals surface area contributed by atoms with Crippen molar-refractivity contribution in [1.29, 1.82) is 0 Å². The zero-order valence-corrected chi connectivity index (χ0v) is 36.2. The van der Waals surface area contributed by atoms with Gasteiger partial charge in [-0.2, -0.15) is 0 Å². The van der Waals surface area contributed by atoms with Crippen LogP contribution in [0.15, 0.2) is 65.8 Å². The fraction of sp³-hybridized carbons (Fsp3) is 0.458. The summed E-state index contributed by atoms with van der Waals surface area (Å²) in [7, 11) is 2.60. The van der Waals surface area contributed by atoms with Crippen LogP contribution in [0.3, 0.4) is 0 Å². The summed E-state index contributed by atoms with van der Waals surface area (Å²) in [5, 5.41) is 5.46. The van der Waals surface area contributed by atoms with E-state index in [4.69, 9.17) is 24.2 Å². The number of imidazole rings is 1. The van der Waals surface area contributed by atoms with Crippen molar-refractivity contribution in [3.8, 4) is 33.9 Å². The molecule has 62 heavy (non-hydrogen) atoms. The molecular weight excluding hydrogens is 787 g/mol. The second-order valence-electron chi connectivity index (χ2n) is 18.0. The molecule has 3 aromatic carbocycles. The predicted molar refractivity (Wildman–Crippen MR) is 234 cm³/mol. The Morgan fingerprint density at radius 3 is 2.02 bits per heavy atom. The van der Waals surface area contributed by atoms with E-state index in [2.05, 4.69) is 70.2 Å². The molecule has 4 aromatic rings. The summed E-state index contributed by atoms with van der Waals surface area (Å²) in [4.78, 5) is 68.6. The molecule has 0 radical (unpaired) electrons. The highest BCUT2D eigenvalue weighted by Crippen LogP contribution is 2.62. The number of hydrogen-bond acceptors (Lipinski definition) is 9. The summed E-state index contributed by atoms with van der Waals surface area (Å²) in [5.74, 6) is 2.01. The number of methoxy groups -OCH3 is 2. The van der Waals surface area contributed by atoms with Gasteiger partial charge in [-0.15, -0.1) is 0 Å². The number of benzene rings is 3. The minimum atomic E-state index is -0.695. The molecule has 4 aliphatic heterocycles. The van der Waals surface area contributed by atoms with Crippen molar-refractivity contribution >= 4 is 35.4 Å². The first-order chi connectivity index (χ1) is 29.9. The Morgan fingerprint density at radius 1 is 0.758 bits per heavy atom. The van der Waals surface area contributed by atoms with E-state index in [-0.39, 0.29) is 41.1 Å². The number of rotatable bonds is 10. The Balaban J connectivity index is 0.902. The maximum Gasteiger partial charge on any atom is 0.407 e. The molecule has 1 spiro atoms. The number of aromatic nitrogens is 2. The molecule has 4 amide bonds. The number of H-pyrrole nitrogens is 1. The number of alkyl carbamates (subject to hydrolysis) is 2. The zero-order chi connectivity index (χ0) is 43.4. The van der Waals surface area contributed by atoms with Gasteiger partial charge in [0.05, 0.1) is 43.9 Å². The molecule has 3 N–H and O–H groups in total. The molecule has 5 heterocycles. The van der Waals surface area contributed by atoms with E-state index in [1.165, 1.54) is 25.3 Å². The molecule has 5 aliphatic rings. The standard InChI is InChI=1S/C48H55N7O7/c1-26(2)41(52-46(58)60-5)44(56)54-19-7-9-37(54)35-23-31-21-28(12-15-34(31)50-35)29-11-14-32-40(24-29)62-39-16-13-30(22-33(39)48(32)17-18-48)36-25-49-43(51-36)38-10-8-20-55(38)45(57)42(27(3)4)53-47(59)61-6/h11-16,21-22,24-27,37-38,41-42H,7-10,17-20,23H2,1-6H3,(H,49,51)(H,52,58)(H,53,59)/t37-,38-,41-,42-/m0/s1. The summed E-state index contributed by atoms with van der Waals surface area (Å²) < 4.78 is 16.3. The summed E-state index contributed by atoms with van der Waals surface area (Å²) in [5.41, 5.74) is 9.29. The predicted octanol–water partition coefficient (Wildman–Crippen LogP) is 7.97. The number of nitrogens with one attached hydrogen (secondary N) is 3. The molecule has 14 nitrogen and oxygen atoms in total. The number of ether oxygens (including phenoxy) is 3. The molecule has 324 valence electrons. The molecule has 2 saturated heterocycles. The molecule has 1 aromatic heterocycles. The highest BCUT2D eigenvalue weighted by Gasteiger charge is 2.52. The normalized spacial score (nSPS) is 20.2. The minimum absolute atomic E-state index is 0.0939. The first kappa shape index (κ1) is 41.2. The molecule has 1 aliphatic carbocycles. The van der Waals surface area contributed by atoms with Crippen LogP contribution in [0.5, 0.6) is 11.5 Å². The lowest BCUT2D eigenvalue weighted by Gasteiger charge is -2.30. The van der Waals surface area contributed by atoms with Gasteiger partial charge in [0.15, 0.2) is 0 Å². The van der Waals surface area contributed by atoms with Gasteiger partial charge in [-0.05, 0) is 103 Å². The largest absolute Gasteiger partial charge is 0.457 e. The van der Waals surface area contributed by atoms with Crippen molar-refractivity contribution in [2.24, 2.45) is 16.8 Å². The van der Waals surface area contributed by atoms with Crippen molar-refractivity contribution < 1.29 is 33.4 Å². The van der Waals surface area contributed by atoms with Crippen LogP contribution in [0.25, 0.3) is 22.4 Å². The van der Waals surface area contributed by atoms with Crippen molar-refractivity contribution in [1.82, 2.24) is 30.4 Å². The van der Waals surface area contributed by atoms with Crippen LogP contribution in [0.2, 0.25) is 0 Å². The molecule has 3 fully saturated rings. The minimum Gasteiger partial charge on any atom is -0.457 e. The Bertz CT molecular complexity index is 2470. The third kappa shape index (κ3) is 7.36. The van der Waals surface area contributed by atoms with E-state index in [1.807, 2.05) is 43.7 Å². The van der Waals surface area contributed by atoms with E-state index in [0.717, 1.165) is 95.2 Å². The molecule has 0 unspecified atom stereocenters. The number of likely N-dealkylation sites (tertiary alicyclic amines) is 2. The van der Waals surface area contributed by atoms with Crippen molar-refractivity contribution in [3.05, 3.63) is 83.3 Å². The number of fused-ring (bicyclic) bond motifs is 5. The molecule has 0 bridgehead atoms. The van der Waals surface area contributed by atoms with Crippen molar-refractivity contribution in [2.45, 2.75) is 102 Å². The SMILES string of the molecule is COC(=O)N[C@H](C(=O)N1CCC[C@H]1C1=Nc2ccc(-c3ccc4c(c3)Oc3ccc(-c5cnc([C@@H]6CCCN6C(=O)[C@@H](NC(=O)OC)C(C)C)[nH]5)cc3C43CC3)cc2C1)C(C)C. The average molecular weight is 842 g/mol. The summed E-state index contributed by atoms with van der Waals surface area (Å²) >= 11 is 0. The number of amides is 4. The van der Waals surface area contributed by atoms with Gasteiger partial charge in [0, 0.05) is 47.3 Å². The monoisotopic (exact) mass is 841 g/mol. The van der Waals surface area contributed by atoms with E-state index in [0.29, 0.717) is 19.5 Å². The Kier molecular flexibility index (Phi) is 10.8. The lowest BCUT2D eigenvalue weighted by molar-refractivity contribution is -0.135. The second kappa shape index (κ2) is 16.3. The third-order valence-electron chi connectivity index (χ3n) is 13.5. The third-order valence-corrected chi connectivity index (χ3v) is 13.5. The maximum atomic E-state index is 13.7. The van der Waals surface area contributed by atoms with Gasteiger partial charge in [0.1, 0.15) is 29.4 Å². The topological polar surface area (TPSA) is 168 Å². The molecular formula is C48H55N7O7. The highest BCUT2D eigenvalue weighted by molar-refractivity contribution is 6.01. The Labute approximate surface area is 361 Å². The van der Waals surface area contributed by atoms with Gasteiger partial charge in [-0.3, -0.25) is 14.6 Å². The lowest BCUT2D eigenvalue weighted by Crippen LogP contribution is -2.53. The summed E-state index contributed by atoms with van der Waals surface area (Å²) in [6.45, 7) is 8.89. The maximum absolute atomic E-state index is 13.7. The van der Waals surface area contributed by atoms with Gasteiger partial charge < -0.3 is 39.6 Å². The first-order valence-electron chi connectivity index (χ1n) is 21.9. The van der Waals surface area contributed by atoms with E-state index in [9.17, 15) is 19.2 Å². The summed E-state index contributed by atoms with van der Waals surface area (Å²) in [6.07, 6.45) is 6.67. The fourth-order valence-electron chi connectivity index (χ4n) is 9.97. The molecule has 1 saturated carbocycles. The number of aromatic amines is 1. The highest BCUT2D eigenvalue weighted by atomic mass is 16.5. The number of aliphatic imine (C=N–C) groups is 1. The average Bonchev–Trinajstić information content (AvgIpc) is 3.80. The van der Waals surface area contributed by atoms with Crippen LogP contribution in [0.1, 0.15) is 94.8 Å². The van der Waals surface area contributed by atoms with Crippen molar-refractivity contribution in [3.63, 3.8) is 0 Å². The van der Waals surface area contributed by atoms with Gasteiger partial charge in [0.25, 0.3) is 0 Å². The fourth-order valence-corrected chi connectivity index (χ4v) is 9.97. The van der Waals surface area contributed by atoms with Crippen LogP contribution < -0.4 is 15.4 Å². The second-order valence-corrected chi connectivity index (χ2v) is 18.0. The van der Waals surface area contributed by atoms with Crippen LogP contribution in [0.4, 0.5) is 15.3 Å². The number of carbonyl (C=O) groups is 4. The number of carbonyl (C=O) groups excluding carboxylic acids is 4. The van der Waals surface area contributed by atoms with Gasteiger partial charge in [-0.25, -0.2) is 14.6 Å². The van der Waals surface area contributed by atoms with Crippen LogP contribution in [0, 0.1) is 11.8 Å². The van der Waals surface area contributed by atoms with E-state index < -0.39 is 24.3 Å². The van der Waals surface area contributed by atoms with Crippen LogP contribution in [-0.2, 0) is 30.9 Å². The van der Waals surface area contributed by atoms with Crippen molar-refractivity contribution in [2.75, 3.05) is 27.3 Å². The van der Waals surface area contributed by atoms with E-state index >= 15 is 0 Å². The van der Waals surface area contributed by atoms with E-state index in [1.54, 1.807) is 0 Å². The smallest absolute Gasteiger partial charge is 0.407 e. The quantitative estimate of drug-likeness (QED) is 0.145. The van der Waals surface area contributed by atoms with Gasteiger partial charge >= 0.3 is 12.2 Å².